The summed E-state index contributed by atoms with van der Waals surface area (Å²) in [7, 11) is -3.67. The summed E-state index contributed by atoms with van der Waals surface area (Å²) in [6.45, 7) is 5.19. The second kappa shape index (κ2) is 6.74. The number of ether oxygens (including phenoxy) is 1. The largest absolute Gasteiger partial charge is 0.462 e. The molecule has 1 atom stereocenters. The third kappa shape index (κ3) is 22.5. The van der Waals surface area contributed by atoms with Crippen LogP contribution in [0.3, 0.4) is 0 Å². The van der Waals surface area contributed by atoms with E-state index in [-0.39, 0.29) is 12.1 Å². The van der Waals surface area contributed by atoms with Gasteiger partial charge in [-0.05, 0) is 20.8 Å². The highest BCUT2D eigenvalue weighted by Crippen LogP contribution is 1.90. The van der Waals surface area contributed by atoms with E-state index in [2.05, 4.69) is 0 Å². The zero-order valence-electron chi connectivity index (χ0n) is 8.72. The summed E-state index contributed by atoms with van der Waals surface area (Å²) in [5.41, 5.74) is 5.21. The lowest BCUT2D eigenvalue weighted by Gasteiger charge is -2.08. The van der Waals surface area contributed by atoms with Crippen LogP contribution in [0.15, 0.2) is 0 Å². The van der Waals surface area contributed by atoms with Crippen LogP contribution in [0.2, 0.25) is 0 Å². The number of rotatable bonds is 2. The SMILES string of the molecule is CC(C)OC(=O)[C@H](C)N.CS(=O)(=O)O. The van der Waals surface area contributed by atoms with Crippen molar-refractivity contribution in [2.45, 2.75) is 32.9 Å². The fourth-order valence-corrected chi connectivity index (χ4v) is 0.340. The maximum atomic E-state index is 10.6. The van der Waals surface area contributed by atoms with E-state index in [0.29, 0.717) is 6.26 Å². The Bertz CT molecular complexity index is 249. The smallest absolute Gasteiger partial charge is 0.322 e. The van der Waals surface area contributed by atoms with E-state index < -0.39 is 16.2 Å². The molecule has 7 heteroatoms. The Hall–Kier alpha value is -0.660. The van der Waals surface area contributed by atoms with Crippen molar-refractivity contribution in [2.24, 2.45) is 5.73 Å². The predicted molar refractivity (Wildman–Crippen MR) is 52.4 cm³/mol. The Morgan fingerprint density at radius 3 is 1.71 bits per heavy atom. The summed E-state index contributed by atoms with van der Waals surface area (Å²) < 4.78 is 30.6. The lowest BCUT2D eigenvalue weighted by Crippen LogP contribution is -2.30. The fourth-order valence-electron chi connectivity index (χ4n) is 0.340. The van der Waals surface area contributed by atoms with Gasteiger partial charge in [-0.3, -0.25) is 9.35 Å². The van der Waals surface area contributed by atoms with Crippen molar-refractivity contribution in [3.8, 4) is 0 Å². The molecule has 0 aromatic rings. The average molecular weight is 227 g/mol. The van der Waals surface area contributed by atoms with Gasteiger partial charge in [-0.15, -0.1) is 0 Å². The van der Waals surface area contributed by atoms with Gasteiger partial charge in [0.15, 0.2) is 0 Å². The van der Waals surface area contributed by atoms with Crippen LogP contribution >= 0.6 is 0 Å². The Morgan fingerprint density at radius 2 is 1.64 bits per heavy atom. The van der Waals surface area contributed by atoms with Crippen LogP contribution in [0.1, 0.15) is 20.8 Å². The van der Waals surface area contributed by atoms with Gasteiger partial charge in [-0.25, -0.2) is 0 Å². The monoisotopic (exact) mass is 227 g/mol. The third-order valence-corrected chi connectivity index (χ3v) is 0.724. The number of hydrogen-bond donors (Lipinski definition) is 2. The third-order valence-electron chi connectivity index (χ3n) is 0.724. The van der Waals surface area contributed by atoms with Gasteiger partial charge in [-0.2, -0.15) is 8.42 Å². The van der Waals surface area contributed by atoms with Crippen LogP contribution in [-0.2, 0) is 19.6 Å². The molecule has 0 saturated heterocycles. The summed E-state index contributed by atoms with van der Waals surface area (Å²) in [5, 5.41) is 0. The van der Waals surface area contributed by atoms with Crippen LogP contribution in [0.4, 0.5) is 0 Å². The molecule has 0 aliphatic heterocycles. The number of esters is 1. The molecule has 14 heavy (non-hydrogen) atoms. The molecule has 0 aliphatic carbocycles. The van der Waals surface area contributed by atoms with E-state index in [1.54, 1.807) is 20.8 Å². The minimum Gasteiger partial charge on any atom is -0.462 e. The van der Waals surface area contributed by atoms with Gasteiger partial charge in [0.25, 0.3) is 10.1 Å². The summed E-state index contributed by atoms with van der Waals surface area (Å²) in [4.78, 5) is 10.6. The van der Waals surface area contributed by atoms with Crippen molar-refractivity contribution in [2.75, 3.05) is 6.26 Å². The standard InChI is InChI=1S/C6H13NO2.CH4O3S/c1-4(2)9-6(8)5(3)7;1-5(2,3)4/h4-5H,7H2,1-3H3;1H3,(H,2,3,4)/t5-;/m0./s1. The molecule has 0 rings (SSSR count). The van der Waals surface area contributed by atoms with Crippen LogP contribution < -0.4 is 5.73 Å². The number of hydrogen-bond acceptors (Lipinski definition) is 5. The summed E-state index contributed by atoms with van der Waals surface area (Å²) >= 11 is 0. The lowest BCUT2D eigenvalue weighted by atomic mass is 10.4. The molecule has 0 saturated carbocycles. The van der Waals surface area contributed by atoms with Gasteiger partial charge in [0.1, 0.15) is 6.04 Å². The highest BCUT2D eigenvalue weighted by atomic mass is 32.2. The zero-order valence-corrected chi connectivity index (χ0v) is 9.54. The molecule has 86 valence electrons. The molecule has 0 unspecified atom stereocenters. The molecule has 3 N–H and O–H groups in total. The second-order valence-electron chi connectivity index (χ2n) is 3.01. The van der Waals surface area contributed by atoms with E-state index in [0.717, 1.165) is 0 Å². The number of carbonyl (C=O) groups is 1. The molecule has 0 aromatic heterocycles. The number of nitrogens with two attached hydrogens (primary N) is 1. The molecule has 0 bridgehead atoms. The van der Waals surface area contributed by atoms with Gasteiger partial charge >= 0.3 is 5.97 Å². The van der Waals surface area contributed by atoms with Crippen molar-refractivity contribution in [3.63, 3.8) is 0 Å². The molecule has 0 spiro atoms. The van der Waals surface area contributed by atoms with Crippen molar-refractivity contribution in [1.29, 1.82) is 0 Å². The highest BCUT2D eigenvalue weighted by molar-refractivity contribution is 7.85. The number of carbonyl (C=O) groups excluding carboxylic acids is 1. The first-order valence-corrected chi connectivity index (χ1v) is 5.77. The molecule has 0 amide bonds. The summed E-state index contributed by atoms with van der Waals surface area (Å²) in [5.74, 6) is -0.343. The van der Waals surface area contributed by atoms with E-state index in [1.165, 1.54) is 0 Å². The van der Waals surface area contributed by atoms with Crippen LogP contribution in [0.25, 0.3) is 0 Å². The first kappa shape index (κ1) is 15.8. The van der Waals surface area contributed by atoms with Crippen molar-refractivity contribution in [3.05, 3.63) is 0 Å². The molecule has 6 nitrogen and oxygen atoms in total. The van der Waals surface area contributed by atoms with E-state index >= 15 is 0 Å². The molecular weight excluding hydrogens is 210 g/mol. The topological polar surface area (TPSA) is 107 Å². The molecule has 0 heterocycles. The van der Waals surface area contributed by atoms with E-state index in [4.69, 9.17) is 15.0 Å². The Kier molecular flexibility index (Phi) is 7.61. The molecular formula is C7H17NO5S. The van der Waals surface area contributed by atoms with Crippen LogP contribution in [0, 0.1) is 0 Å². The van der Waals surface area contributed by atoms with Crippen molar-refractivity contribution in [1.82, 2.24) is 0 Å². The Morgan fingerprint density at radius 1 is 1.36 bits per heavy atom. The van der Waals surface area contributed by atoms with Crippen LogP contribution in [-0.4, -0.2) is 37.3 Å². The Balaban J connectivity index is 0. The molecule has 0 radical (unpaired) electrons. The average Bonchev–Trinajstić information content (AvgIpc) is 1.80. The van der Waals surface area contributed by atoms with Gasteiger partial charge in [0.2, 0.25) is 0 Å². The first-order chi connectivity index (χ1) is 6.04. The zero-order chi connectivity index (χ0) is 11.9. The van der Waals surface area contributed by atoms with Gasteiger partial charge in [0.05, 0.1) is 12.4 Å². The second-order valence-corrected chi connectivity index (χ2v) is 4.47. The molecule has 0 fully saturated rings. The molecule has 0 aromatic carbocycles. The lowest BCUT2D eigenvalue weighted by molar-refractivity contribution is -0.148. The summed E-state index contributed by atoms with van der Waals surface area (Å²) in [6, 6.07) is -0.507. The maximum Gasteiger partial charge on any atom is 0.322 e. The minimum absolute atomic E-state index is 0.0662. The fraction of sp³-hybridized carbons (Fsp3) is 0.857. The van der Waals surface area contributed by atoms with Crippen molar-refractivity contribution < 1.29 is 22.5 Å². The van der Waals surface area contributed by atoms with Crippen LogP contribution in [0.5, 0.6) is 0 Å². The minimum atomic E-state index is -3.67. The maximum absolute atomic E-state index is 10.6. The van der Waals surface area contributed by atoms with Gasteiger partial charge in [0, 0.05) is 0 Å². The predicted octanol–water partition coefficient (Wildman–Crippen LogP) is -0.211. The van der Waals surface area contributed by atoms with Gasteiger partial charge < -0.3 is 10.5 Å². The highest BCUT2D eigenvalue weighted by Gasteiger charge is 2.09. The molecule has 0 aliphatic rings. The normalized spacial score (nSPS) is 12.8. The van der Waals surface area contributed by atoms with E-state index in [9.17, 15) is 13.2 Å². The Labute approximate surface area is 84.2 Å². The quantitative estimate of drug-likeness (QED) is 0.499. The van der Waals surface area contributed by atoms with E-state index in [1.807, 2.05) is 0 Å². The first-order valence-electron chi connectivity index (χ1n) is 3.92. The van der Waals surface area contributed by atoms with Gasteiger partial charge in [-0.1, -0.05) is 0 Å². The summed E-state index contributed by atoms with van der Waals surface area (Å²) in [6.07, 6.45) is 0.649. The van der Waals surface area contributed by atoms with Crippen molar-refractivity contribution >= 4 is 16.1 Å².